The van der Waals surface area contributed by atoms with Crippen molar-refractivity contribution in [1.82, 2.24) is 0 Å². The number of aryl methyl sites for hydroxylation is 3. The molecule has 2 nitrogen and oxygen atoms in total. The van der Waals surface area contributed by atoms with Crippen molar-refractivity contribution in [1.29, 1.82) is 0 Å². The van der Waals surface area contributed by atoms with Crippen molar-refractivity contribution >= 4 is 30.5 Å². The van der Waals surface area contributed by atoms with Crippen LogP contribution in [0.4, 0.5) is 0 Å². The molecule has 0 amide bonds. The van der Waals surface area contributed by atoms with E-state index in [1.807, 2.05) is 32.0 Å². The second kappa shape index (κ2) is 4.00. The van der Waals surface area contributed by atoms with Gasteiger partial charge in [0.2, 0.25) is 0 Å². The third kappa shape index (κ3) is 2.17. The van der Waals surface area contributed by atoms with Gasteiger partial charge in [-0.1, -0.05) is 18.2 Å². The molecule has 2 rings (SSSR count). The van der Waals surface area contributed by atoms with Crippen LogP contribution in [0.25, 0.3) is 10.8 Å². The highest BCUT2D eigenvalue weighted by Crippen LogP contribution is 2.28. The van der Waals surface area contributed by atoms with Crippen molar-refractivity contribution in [2.24, 2.45) is 0 Å². The maximum atomic E-state index is 11.5. The van der Waals surface area contributed by atoms with E-state index in [9.17, 15) is 8.42 Å². The Morgan fingerprint density at radius 2 is 1.65 bits per heavy atom. The van der Waals surface area contributed by atoms with Crippen molar-refractivity contribution < 1.29 is 8.42 Å². The number of hydrogen-bond donors (Lipinski definition) is 0. The molecule has 90 valence electrons. The van der Waals surface area contributed by atoms with E-state index in [-0.39, 0.29) is 4.90 Å². The van der Waals surface area contributed by atoms with Crippen LogP contribution in [0.1, 0.15) is 16.7 Å². The molecule has 2 aromatic rings. The van der Waals surface area contributed by atoms with Gasteiger partial charge >= 0.3 is 0 Å². The number of benzene rings is 2. The van der Waals surface area contributed by atoms with Gasteiger partial charge in [-0.05, 0) is 54.3 Å². The Kier molecular flexibility index (Phi) is 2.92. The zero-order valence-corrected chi connectivity index (χ0v) is 11.5. The van der Waals surface area contributed by atoms with Gasteiger partial charge < -0.3 is 0 Å². The van der Waals surface area contributed by atoms with Gasteiger partial charge in [0.15, 0.2) is 0 Å². The third-order valence-electron chi connectivity index (χ3n) is 3.12. The molecule has 0 spiro atoms. The molecule has 0 aliphatic heterocycles. The lowest BCUT2D eigenvalue weighted by Gasteiger charge is -2.09. The van der Waals surface area contributed by atoms with Crippen molar-refractivity contribution in [3.63, 3.8) is 0 Å². The van der Waals surface area contributed by atoms with Crippen LogP contribution in [0.15, 0.2) is 29.2 Å². The molecule has 0 fully saturated rings. The minimum atomic E-state index is -3.68. The molecule has 17 heavy (non-hydrogen) atoms. The lowest BCUT2D eigenvalue weighted by molar-refractivity contribution is 0.609. The zero-order valence-electron chi connectivity index (χ0n) is 9.91. The van der Waals surface area contributed by atoms with Crippen molar-refractivity contribution in [3.05, 3.63) is 41.0 Å². The monoisotopic (exact) mass is 268 g/mol. The Bertz CT molecular complexity index is 703. The average Bonchev–Trinajstić information content (AvgIpc) is 2.21. The number of halogens is 1. The molecule has 2 aromatic carbocycles. The number of rotatable bonds is 1. The molecule has 0 atom stereocenters. The number of fused-ring (bicyclic) bond motifs is 1. The van der Waals surface area contributed by atoms with Gasteiger partial charge in [0.05, 0.1) is 4.90 Å². The molecule has 0 unspecified atom stereocenters. The largest absolute Gasteiger partial charge is 0.261 e. The molecule has 4 heteroatoms. The van der Waals surface area contributed by atoms with Crippen molar-refractivity contribution in [2.45, 2.75) is 25.7 Å². The highest BCUT2D eigenvalue weighted by atomic mass is 35.7. The summed E-state index contributed by atoms with van der Waals surface area (Å²) < 4.78 is 22.9. The van der Waals surface area contributed by atoms with E-state index in [1.165, 1.54) is 0 Å². The Morgan fingerprint density at radius 3 is 2.24 bits per heavy atom. The Labute approximate surface area is 106 Å². The first-order chi connectivity index (χ1) is 7.80. The Hall–Kier alpha value is -1.06. The smallest absolute Gasteiger partial charge is 0.207 e. The maximum absolute atomic E-state index is 11.5. The standard InChI is InChI=1S/C13H13ClO2S/c1-8-4-5-11-6-9(2)13(17(14,15)16)7-12(11)10(8)3/h4-7H,1-3H3. The first-order valence-corrected chi connectivity index (χ1v) is 7.57. The summed E-state index contributed by atoms with van der Waals surface area (Å²) in [5, 5.41) is 1.98. The van der Waals surface area contributed by atoms with Gasteiger partial charge in [-0.25, -0.2) is 8.42 Å². The lowest BCUT2D eigenvalue weighted by atomic mass is 9.99. The van der Waals surface area contributed by atoms with E-state index < -0.39 is 9.05 Å². The van der Waals surface area contributed by atoms with Crippen LogP contribution < -0.4 is 0 Å². The molecule has 0 bridgehead atoms. The summed E-state index contributed by atoms with van der Waals surface area (Å²) in [7, 11) is 1.75. The second-order valence-electron chi connectivity index (χ2n) is 4.28. The van der Waals surface area contributed by atoms with E-state index in [1.54, 1.807) is 13.0 Å². The average molecular weight is 269 g/mol. The summed E-state index contributed by atoms with van der Waals surface area (Å²) in [6.07, 6.45) is 0. The third-order valence-corrected chi connectivity index (χ3v) is 4.58. The molecule has 0 aromatic heterocycles. The quantitative estimate of drug-likeness (QED) is 0.739. The van der Waals surface area contributed by atoms with Gasteiger partial charge in [-0.3, -0.25) is 0 Å². The van der Waals surface area contributed by atoms with Crippen molar-refractivity contribution in [2.75, 3.05) is 0 Å². The summed E-state index contributed by atoms with van der Waals surface area (Å²) in [5.74, 6) is 0. The topological polar surface area (TPSA) is 34.1 Å². The summed E-state index contributed by atoms with van der Waals surface area (Å²) in [6, 6.07) is 7.55. The molecular weight excluding hydrogens is 256 g/mol. The van der Waals surface area contributed by atoms with Crippen LogP contribution >= 0.6 is 10.7 Å². The molecule has 0 aliphatic carbocycles. The molecule has 0 heterocycles. The summed E-state index contributed by atoms with van der Waals surface area (Å²) in [6.45, 7) is 5.74. The van der Waals surface area contributed by atoms with Gasteiger partial charge in [0.25, 0.3) is 9.05 Å². The molecule has 0 radical (unpaired) electrons. The van der Waals surface area contributed by atoms with Crippen LogP contribution in [0.5, 0.6) is 0 Å². The van der Waals surface area contributed by atoms with E-state index in [4.69, 9.17) is 10.7 Å². The first kappa shape index (κ1) is 12.4. The summed E-state index contributed by atoms with van der Waals surface area (Å²) in [4.78, 5) is 0.195. The SMILES string of the molecule is Cc1cc2ccc(C)c(C)c2cc1S(=O)(=O)Cl. The molecule has 0 N–H and O–H groups in total. The zero-order chi connectivity index (χ0) is 12.8. The van der Waals surface area contributed by atoms with Crippen molar-refractivity contribution in [3.8, 4) is 0 Å². The van der Waals surface area contributed by atoms with Crippen LogP contribution in [0.2, 0.25) is 0 Å². The van der Waals surface area contributed by atoms with Gasteiger partial charge in [-0.15, -0.1) is 0 Å². The normalized spacial score (nSPS) is 12.0. The summed E-state index contributed by atoms with van der Waals surface area (Å²) in [5.41, 5.74) is 2.90. The first-order valence-electron chi connectivity index (χ1n) is 5.26. The maximum Gasteiger partial charge on any atom is 0.261 e. The predicted octanol–water partition coefficient (Wildman–Crippen LogP) is 3.69. The van der Waals surface area contributed by atoms with Crippen LogP contribution in [-0.2, 0) is 9.05 Å². The van der Waals surface area contributed by atoms with E-state index in [0.29, 0.717) is 5.56 Å². The predicted molar refractivity (Wildman–Crippen MR) is 71.2 cm³/mol. The fourth-order valence-corrected chi connectivity index (χ4v) is 3.19. The fraction of sp³-hybridized carbons (Fsp3) is 0.231. The summed E-state index contributed by atoms with van der Waals surface area (Å²) >= 11 is 0. The molecular formula is C13H13ClO2S. The Balaban J connectivity index is 2.92. The number of hydrogen-bond acceptors (Lipinski definition) is 2. The highest BCUT2D eigenvalue weighted by molar-refractivity contribution is 8.13. The van der Waals surface area contributed by atoms with Crippen LogP contribution in [-0.4, -0.2) is 8.42 Å². The van der Waals surface area contributed by atoms with E-state index >= 15 is 0 Å². The van der Waals surface area contributed by atoms with Crippen LogP contribution in [0.3, 0.4) is 0 Å². The lowest BCUT2D eigenvalue weighted by Crippen LogP contribution is -1.96. The van der Waals surface area contributed by atoms with Gasteiger partial charge in [0.1, 0.15) is 0 Å². The minimum Gasteiger partial charge on any atom is -0.207 e. The van der Waals surface area contributed by atoms with Crippen LogP contribution in [0, 0.1) is 20.8 Å². The molecule has 0 aliphatic rings. The van der Waals surface area contributed by atoms with Gasteiger partial charge in [-0.2, -0.15) is 0 Å². The van der Waals surface area contributed by atoms with E-state index in [2.05, 4.69) is 0 Å². The molecule has 0 saturated heterocycles. The fourth-order valence-electron chi connectivity index (χ4n) is 1.99. The molecule has 0 saturated carbocycles. The Morgan fingerprint density at radius 1 is 1.00 bits per heavy atom. The minimum absolute atomic E-state index is 0.195. The second-order valence-corrected chi connectivity index (χ2v) is 6.82. The van der Waals surface area contributed by atoms with E-state index in [0.717, 1.165) is 21.9 Å². The highest BCUT2D eigenvalue weighted by Gasteiger charge is 2.15. The van der Waals surface area contributed by atoms with Gasteiger partial charge in [0, 0.05) is 10.7 Å².